The fourth-order valence-electron chi connectivity index (χ4n) is 3.97. The zero-order valence-corrected chi connectivity index (χ0v) is 17.2. The number of aromatic nitrogens is 3. The van der Waals surface area contributed by atoms with Crippen LogP contribution < -0.4 is 10.6 Å². The summed E-state index contributed by atoms with van der Waals surface area (Å²) in [5.74, 6) is 0.717. The third-order valence-corrected chi connectivity index (χ3v) is 5.61. The topological polar surface area (TPSA) is 71.8 Å². The van der Waals surface area contributed by atoms with Crippen LogP contribution in [0.5, 0.6) is 0 Å². The van der Waals surface area contributed by atoms with Crippen molar-refractivity contribution in [2.75, 3.05) is 10.6 Å². The highest BCUT2D eigenvalue weighted by Gasteiger charge is 2.31. The Morgan fingerprint density at radius 2 is 1.58 bits per heavy atom. The summed E-state index contributed by atoms with van der Waals surface area (Å²) in [5.41, 5.74) is 4.04. The van der Waals surface area contributed by atoms with Crippen LogP contribution in [0.3, 0.4) is 0 Å². The lowest BCUT2D eigenvalue weighted by molar-refractivity contribution is 0.102. The van der Waals surface area contributed by atoms with Crippen LogP contribution in [0, 0.1) is 6.92 Å². The van der Waals surface area contributed by atoms with Crippen molar-refractivity contribution >= 4 is 17.8 Å². The highest BCUT2D eigenvalue weighted by Crippen LogP contribution is 2.38. The first-order chi connectivity index (χ1) is 15.2. The number of carbonyl (C=O) groups is 1. The summed E-state index contributed by atoms with van der Waals surface area (Å²) in [6.07, 6.45) is 0.829. The first-order valence-corrected chi connectivity index (χ1v) is 10.4. The molecule has 6 heteroatoms. The van der Waals surface area contributed by atoms with Gasteiger partial charge in [-0.05, 0) is 36.6 Å². The van der Waals surface area contributed by atoms with Gasteiger partial charge in [-0.15, -0.1) is 5.10 Å². The van der Waals surface area contributed by atoms with E-state index in [9.17, 15) is 4.79 Å². The number of amides is 1. The Hall–Kier alpha value is -3.93. The fourth-order valence-corrected chi connectivity index (χ4v) is 3.97. The normalized spacial score (nSPS) is 17.5. The van der Waals surface area contributed by atoms with E-state index < -0.39 is 0 Å². The summed E-state index contributed by atoms with van der Waals surface area (Å²) in [7, 11) is 0. The summed E-state index contributed by atoms with van der Waals surface area (Å²) in [4.78, 5) is 17.2. The van der Waals surface area contributed by atoms with Crippen LogP contribution in [0.4, 0.5) is 11.9 Å². The van der Waals surface area contributed by atoms with E-state index in [0.717, 1.165) is 17.5 Å². The molecular weight excluding hydrogens is 386 g/mol. The van der Waals surface area contributed by atoms with Gasteiger partial charge in [0.15, 0.2) is 0 Å². The van der Waals surface area contributed by atoms with Gasteiger partial charge in [0.05, 0.1) is 12.1 Å². The molecule has 2 atom stereocenters. The molecule has 2 N–H and O–H groups in total. The maximum atomic E-state index is 12.7. The molecule has 0 spiro atoms. The van der Waals surface area contributed by atoms with Crippen molar-refractivity contribution in [1.82, 2.24) is 14.8 Å². The van der Waals surface area contributed by atoms with Gasteiger partial charge in [0.2, 0.25) is 5.95 Å². The molecule has 31 heavy (non-hydrogen) atoms. The van der Waals surface area contributed by atoms with Crippen LogP contribution in [-0.2, 0) is 0 Å². The Labute approximate surface area is 181 Å². The first-order valence-electron chi connectivity index (χ1n) is 10.4. The summed E-state index contributed by atoms with van der Waals surface area (Å²) < 4.78 is 1.87. The molecule has 0 saturated heterocycles. The molecule has 1 aliphatic rings. The number of anilines is 2. The molecule has 3 aromatic carbocycles. The minimum Gasteiger partial charge on any atom is -0.347 e. The molecule has 0 fully saturated rings. The molecule has 0 radical (unpaired) electrons. The van der Waals surface area contributed by atoms with Crippen LogP contribution in [-0.4, -0.2) is 20.7 Å². The van der Waals surface area contributed by atoms with Gasteiger partial charge in [0.25, 0.3) is 11.9 Å². The van der Waals surface area contributed by atoms with Gasteiger partial charge in [-0.3, -0.25) is 10.1 Å². The zero-order chi connectivity index (χ0) is 21.2. The molecule has 2 heterocycles. The van der Waals surface area contributed by atoms with E-state index in [1.54, 1.807) is 12.1 Å². The van der Waals surface area contributed by atoms with Crippen molar-refractivity contribution in [1.29, 1.82) is 0 Å². The average Bonchev–Trinajstić information content (AvgIpc) is 3.22. The quantitative estimate of drug-likeness (QED) is 0.498. The predicted molar refractivity (Wildman–Crippen MR) is 121 cm³/mol. The largest absolute Gasteiger partial charge is 0.347 e. The molecule has 0 unspecified atom stereocenters. The predicted octanol–water partition coefficient (Wildman–Crippen LogP) is 4.99. The second-order valence-corrected chi connectivity index (χ2v) is 7.79. The van der Waals surface area contributed by atoms with E-state index in [-0.39, 0.29) is 18.0 Å². The Balaban J connectivity index is 1.47. The van der Waals surface area contributed by atoms with Crippen molar-refractivity contribution < 1.29 is 4.79 Å². The molecule has 1 aromatic heterocycles. The SMILES string of the molecule is Cc1ccc(C(=O)Nc2nc3n(n2)[C@H](c2ccccc2)C[C@H](c2ccccc2)N3)cc1. The van der Waals surface area contributed by atoms with Gasteiger partial charge in [-0.1, -0.05) is 78.4 Å². The van der Waals surface area contributed by atoms with Gasteiger partial charge in [0.1, 0.15) is 0 Å². The lowest BCUT2D eigenvalue weighted by Crippen LogP contribution is -2.28. The van der Waals surface area contributed by atoms with Crippen LogP contribution in [0.25, 0.3) is 0 Å². The molecule has 0 bridgehead atoms. The lowest BCUT2D eigenvalue weighted by atomic mass is 9.93. The Bertz CT molecular complexity index is 1190. The van der Waals surface area contributed by atoms with Crippen molar-refractivity contribution in [2.45, 2.75) is 25.4 Å². The second kappa shape index (κ2) is 8.07. The van der Waals surface area contributed by atoms with E-state index >= 15 is 0 Å². The van der Waals surface area contributed by atoms with E-state index in [4.69, 9.17) is 0 Å². The molecule has 1 aliphatic heterocycles. The fraction of sp³-hybridized carbons (Fsp3) is 0.160. The van der Waals surface area contributed by atoms with Crippen molar-refractivity contribution in [3.63, 3.8) is 0 Å². The van der Waals surface area contributed by atoms with Crippen molar-refractivity contribution in [3.8, 4) is 0 Å². The maximum absolute atomic E-state index is 12.7. The zero-order valence-electron chi connectivity index (χ0n) is 17.2. The molecule has 0 saturated carbocycles. The van der Waals surface area contributed by atoms with Crippen molar-refractivity contribution in [2.24, 2.45) is 0 Å². The molecule has 1 amide bonds. The number of nitrogens with zero attached hydrogens (tertiary/aromatic N) is 3. The number of aryl methyl sites for hydroxylation is 1. The molecule has 5 rings (SSSR count). The minimum absolute atomic E-state index is 0.0141. The number of hydrogen-bond acceptors (Lipinski definition) is 4. The number of carbonyl (C=O) groups excluding carboxylic acids is 1. The van der Waals surface area contributed by atoms with E-state index in [0.29, 0.717) is 17.5 Å². The summed E-state index contributed by atoms with van der Waals surface area (Å²) in [5, 5.41) is 11.0. The van der Waals surface area contributed by atoms with Gasteiger partial charge in [-0.25, -0.2) is 4.68 Å². The smallest absolute Gasteiger partial charge is 0.258 e. The van der Waals surface area contributed by atoms with Gasteiger partial charge < -0.3 is 5.32 Å². The van der Waals surface area contributed by atoms with Crippen LogP contribution in [0.15, 0.2) is 84.9 Å². The average molecular weight is 409 g/mol. The van der Waals surface area contributed by atoms with E-state index in [1.807, 2.05) is 60.1 Å². The molecule has 6 nitrogen and oxygen atoms in total. The molecule has 4 aromatic rings. The van der Waals surface area contributed by atoms with Crippen LogP contribution >= 0.6 is 0 Å². The summed E-state index contributed by atoms with van der Waals surface area (Å²) in [6, 6.07) is 28.2. The Morgan fingerprint density at radius 1 is 0.935 bits per heavy atom. The Kier molecular flexibility index (Phi) is 4.96. The number of rotatable bonds is 4. The van der Waals surface area contributed by atoms with Gasteiger partial charge in [0, 0.05) is 5.56 Å². The summed E-state index contributed by atoms with van der Waals surface area (Å²) >= 11 is 0. The van der Waals surface area contributed by atoms with Crippen LogP contribution in [0.1, 0.15) is 45.6 Å². The highest BCUT2D eigenvalue weighted by molar-refractivity contribution is 6.03. The molecular formula is C25H23N5O. The summed E-state index contributed by atoms with van der Waals surface area (Å²) in [6.45, 7) is 1.99. The minimum atomic E-state index is -0.223. The van der Waals surface area contributed by atoms with E-state index in [1.165, 1.54) is 5.56 Å². The molecule has 154 valence electrons. The third-order valence-electron chi connectivity index (χ3n) is 5.61. The van der Waals surface area contributed by atoms with Crippen molar-refractivity contribution in [3.05, 3.63) is 107 Å². The maximum Gasteiger partial charge on any atom is 0.258 e. The number of nitrogens with one attached hydrogen (secondary N) is 2. The third kappa shape index (κ3) is 3.92. The van der Waals surface area contributed by atoms with E-state index in [2.05, 4.69) is 45.0 Å². The number of fused-ring (bicyclic) bond motifs is 1. The number of benzene rings is 3. The molecule has 0 aliphatic carbocycles. The first kappa shape index (κ1) is 19.1. The standard InChI is InChI=1S/C25H23N5O/c1-17-12-14-20(15-13-17)23(31)27-24-28-25-26-21(18-8-4-2-5-9-18)16-22(30(25)29-24)19-10-6-3-7-11-19/h2-15,21-22H,16H2,1H3,(H2,26,27,28,29,31)/t21-,22+/m1/s1. The monoisotopic (exact) mass is 409 g/mol. The van der Waals surface area contributed by atoms with Crippen LogP contribution in [0.2, 0.25) is 0 Å². The lowest BCUT2D eigenvalue weighted by Gasteiger charge is -2.31. The number of hydrogen-bond donors (Lipinski definition) is 2. The highest BCUT2D eigenvalue weighted by atomic mass is 16.1. The van der Waals surface area contributed by atoms with Gasteiger partial charge in [-0.2, -0.15) is 4.98 Å². The second-order valence-electron chi connectivity index (χ2n) is 7.79. The van der Waals surface area contributed by atoms with Gasteiger partial charge >= 0.3 is 0 Å². The Morgan fingerprint density at radius 3 is 2.26 bits per heavy atom.